The Bertz CT molecular complexity index is 1610. The van der Waals surface area contributed by atoms with Crippen molar-refractivity contribution in [1.82, 2.24) is 5.32 Å². The molecule has 1 aliphatic rings. The maximum atomic E-state index is 13.7. The SMILES string of the molecule is COc1ccc(/C=C2\C(=O)NC(=S)N(c3ccc(Oc4ccccc4)cc3)C2=O)c(OCc2ccccc2)c1OC. The molecule has 0 spiro atoms. The molecular formula is C32H26N2O6S. The molecule has 0 saturated carbocycles. The number of rotatable bonds is 9. The summed E-state index contributed by atoms with van der Waals surface area (Å²) in [5.74, 6) is 1.16. The van der Waals surface area contributed by atoms with Crippen LogP contribution in [0.2, 0.25) is 0 Å². The van der Waals surface area contributed by atoms with Crippen LogP contribution in [0.3, 0.4) is 0 Å². The number of methoxy groups -OCH3 is 2. The maximum absolute atomic E-state index is 13.7. The highest BCUT2D eigenvalue weighted by molar-refractivity contribution is 7.80. The van der Waals surface area contributed by atoms with Gasteiger partial charge in [-0.05, 0) is 72.4 Å². The van der Waals surface area contributed by atoms with Crippen molar-refractivity contribution in [2.45, 2.75) is 6.61 Å². The fourth-order valence-electron chi connectivity index (χ4n) is 4.24. The molecule has 0 atom stereocenters. The Labute approximate surface area is 242 Å². The van der Waals surface area contributed by atoms with Gasteiger partial charge in [-0.3, -0.25) is 19.8 Å². The average Bonchev–Trinajstić information content (AvgIpc) is 3.00. The molecule has 1 fully saturated rings. The summed E-state index contributed by atoms with van der Waals surface area (Å²) in [5, 5.41) is 2.59. The molecule has 1 heterocycles. The van der Waals surface area contributed by atoms with Gasteiger partial charge in [-0.2, -0.15) is 0 Å². The fraction of sp³-hybridized carbons (Fsp3) is 0.0938. The third-order valence-electron chi connectivity index (χ3n) is 6.23. The van der Waals surface area contributed by atoms with Crippen LogP contribution in [0.15, 0.2) is 103 Å². The Kier molecular flexibility index (Phi) is 8.26. The molecular weight excluding hydrogens is 540 g/mol. The number of benzene rings is 4. The smallest absolute Gasteiger partial charge is 0.270 e. The zero-order chi connectivity index (χ0) is 28.8. The van der Waals surface area contributed by atoms with E-state index in [1.807, 2.05) is 60.7 Å². The molecule has 5 rings (SSSR count). The normalized spacial score (nSPS) is 14.0. The van der Waals surface area contributed by atoms with Gasteiger partial charge in [0.05, 0.1) is 19.9 Å². The van der Waals surface area contributed by atoms with E-state index in [9.17, 15) is 9.59 Å². The molecule has 206 valence electrons. The minimum Gasteiger partial charge on any atom is -0.493 e. The first-order valence-electron chi connectivity index (χ1n) is 12.6. The number of carbonyl (C=O) groups is 2. The van der Waals surface area contributed by atoms with E-state index in [1.165, 1.54) is 25.2 Å². The third-order valence-corrected chi connectivity index (χ3v) is 6.52. The number of nitrogens with zero attached hydrogens (tertiary/aromatic N) is 1. The molecule has 1 N–H and O–H groups in total. The first-order chi connectivity index (χ1) is 20.0. The van der Waals surface area contributed by atoms with E-state index < -0.39 is 11.8 Å². The molecule has 2 amide bonds. The van der Waals surface area contributed by atoms with E-state index in [-0.39, 0.29) is 17.3 Å². The van der Waals surface area contributed by atoms with Crippen molar-refractivity contribution in [2.24, 2.45) is 0 Å². The topological polar surface area (TPSA) is 86.3 Å². The van der Waals surface area contributed by atoms with Crippen molar-refractivity contribution >= 4 is 40.9 Å². The molecule has 0 radical (unpaired) electrons. The lowest BCUT2D eigenvalue weighted by Gasteiger charge is -2.29. The van der Waals surface area contributed by atoms with E-state index >= 15 is 0 Å². The molecule has 0 unspecified atom stereocenters. The van der Waals surface area contributed by atoms with Crippen LogP contribution in [-0.4, -0.2) is 31.1 Å². The number of ether oxygens (including phenoxy) is 4. The summed E-state index contributed by atoms with van der Waals surface area (Å²) in [7, 11) is 3.01. The minimum absolute atomic E-state index is 0.0262. The predicted octanol–water partition coefficient (Wildman–Crippen LogP) is 5.91. The van der Waals surface area contributed by atoms with Gasteiger partial charge in [-0.15, -0.1) is 0 Å². The van der Waals surface area contributed by atoms with Crippen LogP contribution in [0.1, 0.15) is 11.1 Å². The van der Waals surface area contributed by atoms with Crippen molar-refractivity contribution in [1.29, 1.82) is 0 Å². The largest absolute Gasteiger partial charge is 0.493 e. The molecule has 1 saturated heterocycles. The van der Waals surface area contributed by atoms with E-state index in [0.717, 1.165) is 5.56 Å². The summed E-state index contributed by atoms with van der Waals surface area (Å²) in [5.41, 5.74) is 1.73. The number of hydrogen-bond donors (Lipinski definition) is 1. The summed E-state index contributed by atoms with van der Waals surface area (Å²) in [4.78, 5) is 27.9. The summed E-state index contributed by atoms with van der Waals surface area (Å²) in [6, 6.07) is 29.2. The van der Waals surface area contributed by atoms with E-state index in [0.29, 0.717) is 40.0 Å². The maximum Gasteiger partial charge on any atom is 0.270 e. The second-order valence-corrected chi connectivity index (χ2v) is 9.25. The first kappa shape index (κ1) is 27.4. The summed E-state index contributed by atoms with van der Waals surface area (Å²) < 4.78 is 23.0. The number of carbonyl (C=O) groups excluding carboxylic acids is 2. The Morgan fingerprint density at radius 2 is 1.44 bits per heavy atom. The highest BCUT2D eigenvalue weighted by Crippen LogP contribution is 2.41. The van der Waals surface area contributed by atoms with Crippen LogP contribution in [-0.2, 0) is 16.2 Å². The van der Waals surface area contributed by atoms with Crippen LogP contribution in [0.25, 0.3) is 6.08 Å². The van der Waals surface area contributed by atoms with Crippen LogP contribution in [0, 0.1) is 0 Å². The van der Waals surface area contributed by atoms with Gasteiger partial charge in [0, 0.05) is 5.56 Å². The number of amides is 2. The van der Waals surface area contributed by atoms with Gasteiger partial charge in [0.1, 0.15) is 23.7 Å². The van der Waals surface area contributed by atoms with Crippen molar-refractivity contribution in [3.8, 4) is 28.7 Å². The van der Waals surface area contributed by atoms with Gasteiger partial charge in [-0.1, -0.05) is 48.5 Å². The van der Waals surface area contributed by atoms with E-state index in [4.69, 9.17) is 31.2 Å². The molecule has 8 nitrogen and oxygen atoms in total. The lowest BCUT2D eigenvalue weighted by molar-refractivity contribution is -0.122. The third kappa shape index (κ3) is 6.05. The number of hydrogen-bond acceptors (Lipinski definition) is 7. The molecule has 4 aromatic carbocycles. The van der Waals surface area contributed by atoms with Gasteiger partial charge in [0.25, 0.3) is 11.8 Å². The van der Waals surface area contributed by atoms with Gasteiger partial charge in [0.2, 0.25) is 5.75 Å². The van der Waals surface area contributed by atoms with Crippen molar-refractivity contribution in [3.05, 3.63) is 114 Å². The van der Waals surface area contributed by atoms with Crippen molar-refractivity contribution in [3.63, 3.8) is 0 Å². The van der Waals surface area contributed by atoms with Crippen LogP contribution in [0.5, 0.6) is 28.7 Å². The van der Waals surface area contributed by atoms with Gasteiger partial charge in [0.15, 0.2) is 16.6 Å². The Morgan fingerprint density at radius 1 is 0.780 bits per heavy atom. The predicted molar refractivity (Wildman–Crippen MR) is 159 cm³/mol. The summed E-state index contributed by atoms with van der Waals surface area (Å²) in [6.07, 6.45) is 1.46. The molecule has 41 heavy (non-hydrogen) atoms. The second-order valence-electron chi connectivity index (χ2n) is 8.86. The van der Waals surface area contributed by atoms with Gasteiger partial charge in [-0.25, -0.2) is 0 Å². The number of anilines is 1. The molecule has 0 aromatic heterocycles. The van der Waals surface area contributed by atoms with Crippen molar-refractivity contribution < 1.29 is 28.5 Å². The summed E-state index contributed by atoms with van der Waals surface area (Å²) in [6.45, 7) is 0.230. The first-order valence-corrected chi connectivity index (χ1v) is 13.1. The van der Waals surface area contributed by atoms with Crippen molar-refractivity contribution in [2.75, 3.05) is 19.1 Å². The van der Waals surface area contributed by atoms with Crippen LogP contribution < -0.4 is 29.2 Å². The molecule has 4 aromatic rings. The lowest BCUT2D eigenvalue weighted by Crippen LogP contribution is -2.54. The molecule has 0 aliphatic carbocycles. The summed E-state index contributed by atoms with van der Waals surface area (Å²) >= 11 is 5.37. The van der Waals surface area contributed by atoms with E-state index in [1.54, 1.807) is 36.4 Å². The van der Waals surface area contributed by atoms with Gasteiger partial charge >= 0.3 is 0 Å². The lowest BCUT2D eigenvalue weighted by atomic mass is 10.0. The Balaban J connectivity index is 1.46. The second kappa shape index (κ2) is 12.4. The average molecular weight is 567 g/mol. The van der Waals surface area contributed by atoms with E-state index in [2.05, 4.69) is 5.32 Å². The zero-order valence-electron chi connectivity index (χ0n) is 22.3. The Hall–Kier alpha value is -5.15. The van der Waals surface area contributed by atoms with Gasteiger partial charge < -0.3 is 18.9 Å². The standard InChI is InChI=1S/C32H26N2O6S/c1-37-27-18-13-22(28(29(27)38-2)39-20-21-9-5-3-6-10-21)19-26-30(35)33-32(41)34(31(26)36)23-14-16-25(17-15-23)40-24-11-7-4-8-12-24/h3-19H,20H2,1-2H3,(H,33,35,41)/b26-19+. The van der Waals surface area contributed by atoms with Crippen LogP contribution in [0.4, 0.5) is 5.69 Å². The molecule has 1 aliphatic heterocycles. The fourth-order valence-corrected chi connectivity index (χ4v) is 4.52. The monoisotopic (exact) mass is 566 g/mol. The van der Waals surface area contributed by atoms with Crippen LogP contribution >= 0.6 is 12.2 Å². The Morgan fingerprint density at radius 3 is 2.10 bits per heavy atom. The number of para-hydroxylation sites is 1. The minimum atomic E-state index is -0.621. The number of nitrogens with one attached hydrogen (secondary N) is 1. The quantitative estimate of drug-likeness (QED) is 0.153. The highest BCUT2D eigenvalue weighted by atomic mass is 32.1. The number of thiocarbonyl (C=S) groups is 1. The molecule has 9 heteroatoms. The highest BCUT2D eigenvalue weighted by Gasteiger charge is 2.35. The zero-order valence-corrected chi connectivity index (χ0v) is 23.1. The molecule has 0 bridgehead atoms.